The number of aliphatic hydroxyl groups is 1. The molecule has 2 nitrogen and oxygen atoms in total. The molecule has 3 aliphatic rings. The first-order chi connectivity index (χ1) is 11.0. The van der Waals surface area contributed by atoms with Gasteiger partial charge in [-0.1, -0.05) is 19.9 Å². The first-order valence-electron chi connectivity index (χ1n) is 9.40. The van der Waals surface area contributed by atoms with E-state index in [9.17, 15) is 5.11 Å². The molecular formula is C21H30O2. The fourth-order valence-corrected chi connectivity index (χ4v) is 6.60. The number of hydrogen-bond acceptors (Lipinski definition) is 2. The highest BCUT2D eigenvalue weighted by atomic mass is 16.5. The fourth-order valence-electron chi connectivity index (χ4n) is 6.60. The van der Waals surface area contributed by atoms with E-state index >= 15 is 0 Å². The molecule has 1 N–H and O–H groups in total. The summed E-state index contributed by atoms with van der Waals surface area (Å²) in [4.78, 5) is 0. The van der Waals surface area contributed by atoms with Crippen LogP contribution in [0.4, 0.5) is 0 Å². The molecule has 0 bridgehead atoms. The van der Waals surface area contributed by atoms with Crippen molar-refractivity contribution in [3.8, 4) is 5.75 Å². The van der Waals surface area contributed by atoms with Crippen LogP contribution in [-0.4, -0.2) is 18.3 Å². The fraction of sp³-hybridized carbons (Fsp3) is 0.714. The molecule has 0 aliphatic heterocycles. The molecular weight excluding hydrogens is 284 g/mol. The molecule has 1 aromatic rings. The molecule has 0 amide bonds. The van der Waals surface area contributed by atoms with Gasteiger partial charge in [-0.05, 0) is 90.9 Å². The van der Waals surface area contributed by atoms with Crippen LogP contribution in [0, 0.1) is 16.7 Å². The lowest BCUT2D eigenvalue weighted by molar-refractivity contribution is -0.0775. The highest BCUT2D eigenvalue weighted by Crippen LogP contribution is 2.68. The van der Waals surface area contributed by atoms with Crippen molar-refractivity contribution < 1.29 is 9.84 Å². The second-order valence-corrected chi connectivity index (χ2v) is 8.39. The number of benzene rings is 1. The summed E-state index contributed by atoms with van der Waals surface area (Å²) in [5, 5.41) is 10.6. The number of aliphatic hydroxyl groups excluding tert-OH is 1. The first kappa shape index (κ1) is 15.5. The molecule has 2 unspecified atom stereocenters. The molecule has 3 aliphatic carbocycles. The van der Waals surface area contributed by atoms with Gasteiger partial charge in [0.2, 0.25) is 0 Å². The Morgan fingerprint density at radius 3 is 2.78 bits per heavy atom. The summed E-state index contributed by atoms with van der Waals surface area (Å²) in [6.07, 6.45) is 8.23. The minimum atomic E-state index is -0.0888. The lowest BCUT2D eigenvalue weighted by Crippen LogP contribution is -2.51. The van der Waals surface area contributed by atoms with Crippen LogP contribution >= 0.6 is 0 Å². The van der Waals surface area contributed by atoms with Crippen LogP contribution in [0.2, 0.25) is 0 Å². The number of fused-ring (bicyclic) bond motifs is 5. The van der Waals surface area contributed by atoms with Crippen LogP contribution < -0.4 is 4.74 Å². The highest BCUT2D eigenvalue weighted by molar-refractivity contribution is 5.42. The Bertz CT molecular complexity index is 610. The molecule has 1 aromatic carbocycles. The maximum Gasteiger partial charge on any atom is 0.119 e. The molecule has 5 atom stereocenters. The Morgan fingerprint density at radius 2 is 2.04 bits per heavy atom. The van der Waals surface area contributed by atoms with Crippen LogP contribution in [-0.2, 0) is 6.42 Å². The van der Waals surface area contributed by atoms with Crippen LogP contribution in [0.15, 0.2) is 18.2 Å². The topological polar surface area (TPSA) is 29.5 Å². The molecule has 0 spiro atoms. The molecule has 4 rings (SSSR count). The number of ether oxygens (including phenoxy) is 1. The van der Waals surface area contributed by atoms with E-state index in [2.05, 4.69) is 32.0 Å². The molecule has 0 saturated heterocycles. The second-order valence-electron chi connectivity index (χ2n) is 8.39. The summed E-state index contributed by atoms with van der Waals surface area (Å²) in [5.41, 5.74) is 3.62. The van der Waals surface area contributed by atoms with E-state index in [1.165, 1.54) is 44.1 Å². The van der Waals surface area contributed by atoms with Crippen molar-refractivity contribution in [3.63, 3.8) is 0 Å². The lowest BCUT2D eigenvalue weighted by atomic mass is 9.46. The van der Waals surface area contributed by atoms with E-state index in [4.69, 9.17) is 4.74 Å². The van der Waals surface area contributed by atoms with Crippen molar-refractivity contribution in [1.29, 1.82) is 0 Å². The summed E-state index contributed by atoms with van der Waals surface area (Å²) in [5.74, 6) is 2.35. The average molecular weight is 314 g/mol. The van der Waals surface area contributed by atoms with E-state index in [-0.39, 0.29) is 11.5 Å². The van der Waals surface area contributed by atoms with Crippen LogP contribution in [0.25, 0.3) is 0 Å². The van der Waals surface area contributed by atoms with Gasteiger partial charge < -0.3 is 9.84 Å². The van der Waals surface area contributed by atoms with E-state index in [1.54, 1.807) is 12.7 Å². The maximum absolute atomic E-state index is 10.6. The van der Waals surface area contributed by atoms with Crippen LogP contribution in [0.1, 0.15) is 69.4 Å². The predicted octanol–water partition coefficient (Wildman–Crippen LogP) is 4.69. The van der Waals surface area contributed by atoms with Gasteiger partial charge in [0.15, 0.2) is 0 Å². The van der Waals surface area contributed by atoms with Gasteiger partial charge >= 0.3 is 0 Å². The molecule has 2 heteroatoms. The molecule has 126 valence electrons. The molecule has 23 heavy (non-hydrogen) atoms. The summed E-state index contributed by atoms with van der Waals surface area (Å²) in [6.45, 7) is 4.75. The second kappa shape index (κ2) is 5.24. The summed E-state index contributed by atoms with van der Waals surface area (Å²) in [6, 6.07) is 6.73. The van der Waals surface area contributed by atoms with Gasteiger partial charge in [-0.2, -0.15) is 0 Å². The predicted molar refractivity (Wildman–Crippen MR) is 92.9 cm³/mol. The van der Waals surface area contributed by atoms with Crippen molar-refractivity contribution in [2.24, 2.45) is 16.7 Å². The van der Waals surface area contributed by atoms with Crippen molar-refractivity contribution >= 4 is 0 Å². The molecule has 0 aromatic heterocycles. The number of rotatable bonds is 2. The zero-order valence-electron chi connectivity index (χ0n) is 14.8. The van der Waals surface area contributed by atoms with Gasteiger partial charge in [-0.3, -0.25) is 0 Å². The third-order valence-corrected chi connectivity index (χ3v) is 7.89. The standard InChI is InChI=1S/C21H30O2/c1-4-21-12-9-14-13-15(23-3)5-6-16(14)17(21)10-11-20(2)18(21)7-8-19(20)22/h5-6,13,17-19,22H,4,7-12H2,1-3H3/t17?,18?,19-,20-,21+/m0/s1. The van der Waals surface area contributed by atoms with Crippen molar-refractivity contribution in [1.82, 2.24) is 0 Å². The maximum atomic E-state index is 10.6. The molecule has 0 radical (unpaired) electrons. The Hall–Kier alpha value is -1.02. The Labute approximate surface area is 140 Å². The number of methoxy groups -OCH3 is 1. The average Bonchev–Trinajstić information content (AvgIpc) is 2.89. The Balaban J connectivity index is 1.78. The van der Waals surface area contributed by atoms with Gasteiger partial charge in [0.05, 0.1) is 13.2 Å². The van der Waals surface area contributed by atoms with Gasteiger partial charge in [-0.25, -0.2) is 0 Å². The smallest absolute Gasteiger partial charge is 0.119 e. The summed E-state index contributed by atoms with van der Waals surface area (Å²) >= 11 is 0. The highest BCUT2D eigenvalue weighted by Gasteiger charge is 2.60. The first-order valence-corrected chi connectivity index (χ1v) is 9.40. The Morgan fingerprint density at radius 1 is 1.22 bits per heavy atom. The Kier molecular flexibility index (Phi) is 3.53. The molecule has 2 fully saturated rings. The number of aryl methyl sites for hydroxylation is 1. The minimum absolute atomic E-state index is 0.0888. The van der Waals surface area contributed by atoms with Crippen molar-refractivity contribution in [3.05, 3.63) is 29.3 Å². The van der Waals surface area contributed by atoms with Crippen molar-refractivity contribution in [2.75, 3.05) is 7.11 Å². The van der Waals surface area contributed by atoms with E-state index in [1.807, 2.05) is 0 Å². The minimum Gasteiger partial charge on any atom is -0.497 e. The largest absolute Gasteiger partial charge is 0.497 e. The summed E-state index contributed by atoms with van der Waals surface area (Å²) in [7, 11) is 1.76. The van der Waals surface area contributed by atoms with Crippen molar-refractivity contribution in [2.45, 2.75) is 70.8 Å². The third-order valence-electron chi connectivity index (χ3n) is 7.89. The number of hydrogen-bond donors (Lipinski definition) is 1. The van der Waals surface area contributed by atoms with Gasteiger partial charge in [0, 0.05) is 0 Å². The zero-order chi connectivity index (χ0) is 16.2. The van der Waals surface area contributed by atoms with Crippen LogP contribution in [0.3, 0.4) is 0 Å². The molecule has 2 saturated carbocycles. The van der Waals surface area contributed by atoms with E-state index < -0.39 is 0 Å². The van der Waals surface area contributed by atoms with Crippen LogP contribution in [0.5, 0.6) is 5.75 Å². The van der Waals surface area contributed by atoms with E-state index in [0.717, 1.165) is 12.2 Å². The van der Waals surface area contributed by atoms with Gasteiger partial charge in [0.25, 0.3) is 0 Å². The quantitative estimate of drug-likeness (QED) is 0.858. The van der Waals surface area contributed by atoms with E-state index in [0.29, 0.717) is 17.3 Å². The van der Waals surface area contributed by atoms with Gasteiger partial charge in [-0.15, -0.1) is 0 Å². The zero-order valence-corrected chi connectivity index (χ0v) is 14.8. The SMILES string of the molecule is CC[C@@]12CCc3cc(OC)ccc3C1CC[C@@]1(C)C2CC[C@@H]1O. The normalized spacial score (nSPS) is 41.8. The monoisotopic (exact) mass is 314 g/mol. The lowest BCUT2D eigenvalue weighted by Gasteiger charge is -2.58. The summed E-state index contributed by atoms with van der Waals surface area (Å²) < 4.78 is 5.43. The third kappa shape index (κ3) is 1.97. The molecule has 0 heterocycles. The van der Waals surface area contributed by atoms with Gasteiger partial charge in [0.1, 0.15) is 5.75 Å².